The van der Waals surface area contributed by atoms with Gasteiger partial charge in [-0.2, -0.15) is 0 Å². The van der Waals surface area contributed by atoms with Gasteiger partial charge in [-0.1, -0.05) is 159 Å². The van der Waals surface area contributed by atoms with Crippen molar-refractivity contribution in [2.75, 3.05) is 0 Å². The highest BCUT2D eigenvalue weighted by Crippen LogP contribution is 2.44. The van der Waals surface area contributed by atoms with Crippen LogP contribution in [0.4, 0.5) is 0 Å². The van der Waals surface area contributed by atoms with E-state index >= 15 is 0 Å². The van der Waals surface area contributed by atoms with Gasteiger partial charge < -0.3 is 5.11 Å². The Morgan fingerprint density at radius 1 is 0.581 bits per heavy atom. The lowest BCUT2D eigenvalue weighted by Gasteiger charge is -2.22. The zero-order chi connectivity index (χ0) is 46.7. The molecule has 6 aromatic carbocycles. The van der Waals surface area contributed by atoms with Gasteiger partial charge in [0.2, 0.25) is 0 Å². The summed E-state index contributed by atoms with van der Waals surface area (Å²) in [5.74, 6) is 1.26. The SMILES string of the molecule is [2H]C([2H])([2H])c1ccc(-c2ccnc(-c3cc(-c4cccc5c4nc(-c4cc(C(C)C)cc(C(C)C)c4O)n5-c4ccc(C)cc4-c4ccc(C(C)(C)C)cc4)cc(C(C)(C)C)c3)c2)cc1. The van der Waals surface area contributed by atoms with Gasteiger partial charge in [0.15, 0.2) is 0 Å². The van der Waals surface area contributed by atoms with Gasteiger partial charge in [0.25, 0.3) is 0 Å². The number of hydrogen-bond acceptors (Lipinski definition) is 3. The molecule has 0 saturated heterocycles. The van der Waals surface area contributed by atoms with Crippen molar-refractivity contribution >= 4 is 11.0 Å². The van der Waals surface area contributed by atoms with Crippen molar-refractivity contribution in [2.24, 2.45) is 0 Å². The average Bonchev–Trinajstić information content (AvgIpc) is 3.64. The molecule has 0 saturated carbocycles. The predicted molar refractivity (Wildman–Crippen MR) is 263 cm³/mol. The molecular formula is C58H61N3O. The summed E-state index contributed by atoms with van der Waals surface area (Å²) in [6.07, 6.45) is 1.82. The van der Waals surface area contributed by atoms with Gasteiger partial charge in [-0.05, 0) is 129 Å². The minimum Gasteiger partial charge on any atom is -0.507 e. The normalized spacial score (nSPS) is 13.1. The van der Waals surface area contributed by atoms with Crippen molar-refractivity contribution in [3.05, 3.63) is 167 Å². The van der Waals surface area contributed by atoms with Gasteiger partial charge in [-0.3, -0.25) is 9.55 Å². The van der Waals surface area contributed by atoms with E-state index in [1.54, 1.807) is 12.1 Å². The molecule has 0 unspecified atom stereocenters. The third-order valence-corrected chi connectivity index (χ3v) is 12.2. The molecule has 8 aromatic rings. The monoisotopic (exact) mass is 819 g/mol. The number of benzene rings is 6. The Kier molecular flexibility index (Phi) is 10.1. The second kappa shape index (κ2) is 16.2. The zero-order valence-corrected chi connectivity index (χ0v) is 38.1. The highest BCUT2D eigenvalue weighted by atomic mass is 16.3. The van der Waals surface area contributed by atoms with Crippen LogP contribution in [-0.2, 0) is 10.8 Å². The molecular weight excluding hydrogens is 755 g/mol. The van der Waals surface area contributed by atoms with Crippen molar-refractivity contribution in [3.63, 3.8) is 0 Å². The van der Waals surface area contributed by atoms with Crippen LogP contribution in [0.3, 0.4) is 0 Å². The van der Waals surface area contributed by atoms with E-state index in [9.17, 15) is 5.11 Å². The standard InChI is InChI=1S/C58H61N3O/c1-35(2)42-32-48(36(3)4)55(62)50(33-42)56-60-54-47(14-13-15-53(54)61(56)52-25-18-38(6)28-49(52)40-21-23-45(24-22-40)57(7,8)9)43-29-44(31-46(30-43)58(10,11)12)51-34-41(26-27-59-51)39-19-16-37(5)17-20-39/h13-36,62H,1-12H3/i5D3. The Morgan fingerprint density at radius 2 is 1.26 bits per heavy atom. The fourth-order valence-corrected chi connectivity index (χ4v) is 8.40. The van der Waals surface area contributed by atoms with Crippen LogP contribution in [-0.4, -0.2) is 19.6 Å². The summed E-state index contributed by atoms with van der Waals surface area (Å²) in [6.45, 7) is 22.0. The van der Waals surface area contributed by atoms with Gasteiger partial charge in [0.05, 0.1) is 28.0 Å². The van der Waals surface area contributed by atoms with E-state index in [-0.39, 0.29) is 28.4 Å². The van der Waals surface area contributed by atoms with E-state index in [4.69, 9.17) is 14.1 Å². The second-order valence-electron chi connectivity index (χ2n) is 19.7. The summed E-state index contributed by atoms with van der Waals surface area (Å²) >= 11 is 0. The van der Waals surface area contributed by atoms with Crippen LogP contribution >= 0.6 is 0 Å². The predicted octanol–water partition coefficient (Wildman–Crippen LogP) is 15.9. The Morgan fingerprint density at radius 3 is 1.92 bits per heavy atom. The first-order chi connectivity index (χ1) is 30.6. The smallest absolute Gasteiger partial charge is 0.149 e. The molecule has 0 aliphatic rings. The molecule has 1 N–H and O–H groups in total. The lowest BCUT2D eigenvalue weighted by atomic mass is 9.83. The fraction of sp³-hybridized carbons (Fsp3) is 0.276. The molecule has 0 atom stereocenters. The minimum absolute atomic E-state index is 0.0173. The molecule has 4 nitrogen and oxygen atoms in total. The molecule has 0 spiro atoms. The number of phenols is 1. The largest absolute Gasteiger partial charge is 0.507 e. The lowest BCUT2D eigenvalue weighted by Crippen LogP contribution is -2.11. The van der Waals surface area contributed by atoms with Crippen LogP contribution in [0.15, 0.2) is 134 Å². The second-order valence-corrected chi connectivity index (χ2v) is 19.7. The number of aromatic hydroxyl groups is 1. The number of aromatic nitrogens is 3. The van der Waals surface area contributed by atoms with E-state index in [1.807, 2.05) is 24.4 Å². The fourth-order valence-electron chi connectivity index (χ4n) is 8.40. The third kappa shape index (κ3) is 8.23. The first-order valence-corrected chi connectivity index (χ1v) is 21.9. The molecule has 0 amide bonds. The van der Waals surface area contributed by atoms with Crippen LogP contribution in [0.1, 0.15) is 119 Å². The molecule has 4 heteroatoms. The van der Waals surface area contributed by atoms with Crippen molar-refractivity contribution in [3.8, 4) is 67.5 Å². The zero-order valence-electron chi connectivity index (χ0n) is 41.1. The van der Waals surface area contributed by atoms with E-state index in [1.165, 1.54) is 5.56 Å². The summed E-state index contributed by atoms with van der Waals surface area (Å²) in [6, 6.07) is 44.1. The number of para-hydroxylation sites is 1. The molecule has 62 heavy (non-hydrogen) atoms. The highest BCUT2D eigenvalue weighted by Gasteiger charge is 2.26. The van der Waals surface area contributed by atoms with Crippen LogP contribution in [0.25, 0.3) is 72.7 Å². The summed E-state index contributed by atoms with van der Waals surface area (Å²) < 4.78 is 25.8. The molecule has 0 aliphatic carbocycles. The van der Waals surface area contributed by atoms with Crippen LogP contribution in [0.2, 0.25) is 0 Å². The number of nitrogens with zero attached hydrogens (tertiary/aromatic N) is 3. The molecule has 0 bridgehead atoms. The number of pyridine rings is 1. The number of aryl methyl sites for hydroxylation is 2. The molecule has 314 valence electrons. The van der Waals surface area contributed by atoms with Gasteiger partial charge in [0, 0.05) is 27.0 Å². The molecule has 0 fully saturated rings. The van der Waals surface area contributed by atoms with Gasteiger partial charge >= 0.3 is 0 Å². The van der Waals surface area contributed by atoms with Crippen LogP contribution in [0, 0.1) is 13.8 Å². The quantitative estimate of drug-likeness (QED) is 0.166. The maximum atomic E-state index is 12.3. The number of hydrogen-bond donors (Lipinski definition) is 1. The first kappa shape index (κ1) is 38.6. The van der Waals surface area contributed by atoms with Crippen molar-refractivity contribution in [1.82, 2.24) is 14.5 Å². The maximum Gasteiger partial charge on any atom is 0.149 e. The first-order valence-electron chi connectivity index (χ1n) is 23.4. The summed E-state index contributed by atoms with van der Waals surface area (Å²) in [5, 5.41) is 12.3. The van der Waals surface area contributed by atoms with Crippen molar-refractivity contribution in [2.45, 2.75) is 106 Å². The summed E-state index contributed by atoms with van der Waals surface area (Å²) in [4.78, 5) is 10.5. The molecule has 8 rings (SSSR count). The van der Waals surface area contributed by atoms with Crippen LogP contribution < -0.4 is 0 Å². The van der Waals surface area contributed by atoms with Crippen molar-refractivity contribution < 1.29 is 9.22 Å². The molecule has 0 radical (unpaired) electrons. The molecule has 2 heterocycles. The molecule has 0 aliphatic heterocycles. The van der Waals surface area contributed by atoms with Crippen molar-refractivity contribution in [1.29, 1.82) is 0 Å². The highest BCUT2D eigenvalue weighted by molar-refractivity contribution is 5.98. The van der Waals surface area contributed by atoms with Gasteiger partial charge in [0.1, 0.15) is 11.6 Å². The summed E-state index contributed by atoms with van der Waals surface area (Å²) in [5.41, 5.74) is 17.0. The average molecular weight is 819 g/mol. The third-order valence-electron chi connectivity index (χ3n) is 12.2. The van der Waals surface area contributed by atoms with E-state index < -0.39 is 6.85 Å². The van der Waals surface area contributed by atoms with Gasteiger partial charge in [-0.25, -0.2) is 4.98 Å². The minimum atomic E-state index is -2.17. The Labute approximate surface area is 373 Å². The van der Waals surface area contributed by atoms with E-state index in [0.29, 0.717) is 17.0 Å². The van der Waals surface area contributed by atoms with Crippen LogP contribution in [0.5, 0.6) is 5.75 Å². The lowest BCUT2D eigenvalue weighted by molar-refractivity contribution is 0.466. The number of fused-ring (bicyclic) bond motifs is 1. The Balaban J connectivity index is 1.39. The maximum absolute atomic E-state index is 12.3. The molecule has 2 aromatic heterocycles. The Hall–Kier alpha value is -6.26. The van der Waals surface area contributed by atoms with Gasteiger partial charge in [-0.15, -0.1) is 0 Å². The van der Waals surface area contributed by atoms with E-state index in [2.05, 4.69) is 178 Å². The number of phenolic OH excluding ortho intramolecular Hbond substituents is 1. The Bertz CT molecular complexity index is 3050. The van der Waals surface area contributed by atoms with E-state index in [0.717, 1.165) is 83.6 Å². The number of rotatable bonds is 8. The number of imidazole rings is 1. The summed E-state index contributed by atoms with van der Waals surface area (Å²) in [7, 11) is 0. The topological polar surface area (TPSA) is 50.9 Å².